The van der Waals surface area contributed by atoms with Gasteiger partial charge in [0.2, 0.25) is 5.76 Å². The Hall–Kier alpha value is -3.14. The number of allylic oxidation sites excluding steroid dienone is 1. The van der Waals surface area contributed by atoms with Crippen molar-refractivity contribution >= 4 is 16.7 Å². The van der Waals surface area contributed by atoms with E-state index in [2.05, 4.69) is 0 Å². The summed E-state index contributed by atoms with van der Waals surface area (Å²) in [6.45, 7) is 0. The van der Waals surface area contributed by atoms with Gasteiger partial charge in [-0.15, -0.1) is 0 Å². The monoisotopic (exact) mass is 334 g/mol. The Morgan fingerprint density at radius 1 is 1.04 bits per heavy atom. The Morgan fingerprint density at radius 3 is 2.56 bits per heavy atom. The fourth-order valence-electron chi connectivity index (χ4n) is 3.22. The van der Waals surface area contributed by atoms with Crippen LogP contribution < -0.4 is 4.74 Å². The highest BCUT2D eigenvalue weighted by atomic mass is 19.1. The van der Waals surface area contributed by atoms with Crippen LogP contribution in [0.2, 0.25) is 0 Å². The summed E-state index contributed by atoms with van der Waals surface area (Å²) >= 11 is 0. The van der Waals surface area contributed by atoms with Gasteiger partial charge in [-0.2, -0.15) is 0 Å². The van der Waals surface area contributed by atoms with Gasteiger partial charge in [0, 0.05) is 11.5 Å². The number of esters is 1. The summed E-state index contributed by atoms with van der Waals surface area (Å²) in [5.74, 6) is -0.322. The smallest absolute Gasteiger partial charge is 0.373 e. The van der Waals surface area contributed by atoms with E-state index in [-0.39, 0.29) is 17.5 Å². The second-order valence-electron chi connectivity index (χ2n) is 5.85. The predicted molar refractivity (Wildman–Crippen MR) is 92.9 cm³/mol. The Bertz CT molecular complexity index is 990. The largest absolute Gasteiger partial charge is 0.463 e. The van der Waals surface area contributed by atoms with Crippen LogP contribution in [0.5, 0.6) is 5.75 Å². The van der Waals surface area contributed by atoms with Gasteiger partial charge in [0.05, 0.1) is 7.11 Å². The zero-order chi connectivity index (χ0) is 17.4. The molecule has 1 aliphatic rings. The highest BCUT2D eigenvalue weighted by Crippen LogP contribution is 2.42. The van der Waals surface area contributed by atoms with Crippen molar-refractivity contribution in [1.29, 1.82) is 0 Å². The first-order valence-corrected chi connectivity index (χ1v) is 7.92. The number of carbonyl (C=O) groups excluding carboxylic acids is 1. The van der Waals surface area contributed by atoms with Gasteiger partial charge in [-0.25, -0.2) is 9.18 Å². The number of rotatable bonds is 2. The van der Waals surface area contributed by atoms with E-state index in [1.54, 1.807) is 18.2 Å². The molecule has 25 heavy (non-hydrogen) atoms. The summed E-state index contributed by atoms with van der Waals surface area (Å²) < 4.78 is 23.9. The first-order valence-electron chi connectivity index (χ1n) is 7.92. The van der Waals surface area contributed by atoms with Crippen molar-refractivity contribution in [2.24, 2.45) is 0 Å². The molecule has 0 radical (unpaired) electrons. The summed E-state index contributed by atoms with van der Waals surface area (Å²) in [7, 11) is 1.31. The molecule has 0 saturated carbocycles. The van der Waals surface area contributed by atoms with E-state index in [1.165, 1.54) is 19.2 Å². The minimum absolute atomic E-state index is 0.139. The number of fused-ring (bicyclic) bond motifs is 3. The molecule has 0 unspecified atom stereocenters. The average molecular weight is 334 g/mol. The second kappa shape index (κ2) is 6.06. The minimum atomic E-state index is -0.536. The molecule has 1 atom stereocenters. The molecule has 0 saturated heterocycles. The van der Waals surface area contributed by atoms with Gasteiger partial charge in [0.15, 0.2) is 0 Å². The number of methoxy groups -OCH3 is 1. The molecular formula is C21H15FO3. The van der Waals surface area contributed by atoms with Crippen molar-refractivity contribution in [3.8, 4) is 5.75 Å². The molecule has 0 amide bonds. The van der Waals surface area contributed by atoms with Crippen LogP contribution in [-0.2, 0) is 9.53 Å². The molecule has 3 nitrogen and oxygen atoms in total. The average Bonchev–Trinajstić information content (AvgIpc) is 2.67. The lowest BCUT2D eigenvalue weighted by Crippen LogP contribution is -2.18. The van der Waals surface area contributed by atoms with E-state index in [9.17, 15) is 9.18 Å². The lowest BCUT2D eigenvalue weighted by Gasteiger charge is -2.26. The molecule has 4 rings (SSSR count). The number of hydrogen-bond donors (Lipinski definition) is 0. The Balaban J connectivity index is 1.96. The molecule has 3 aromatic rings. The third-order valence-electron chi connectivity index (χ3n) is 4.40. The van der Waals surface area contributed by atoms with Gasteiger partial charge in [-0.05, 0) is 40.6 Å². The molecule has 3 aromatic carbocycles. The molecule has 1 heterocycles. The molecule has 0 N–H and O–H groups in total. The highest BCUT2D eigenvalue weighted by molar-refractivity contribution is 5.92. The number of benzene rings is 3. The van der Waals surface area contributed by atoms with Gasteiger partial charge in [-0.1, -0.05) is 42.5 Å². The van der Waals surface area contributed by atoms with Crippen molar-refractivity contribution in [3.63, 3.8) is 0 Å². The van der Waals surface area contributed by atoms with Crippen molar-refractivity contribution in [1.82, 2.24) is 0 Å². The van der Waals surface area contributed by atoms with Gasteiger partial charge in [-0.3, -0.25) is 0 Å². The lowest BCUT2D eigenvalue weighted by molar-refractivity contribution is -0.138. The van der Waals surface area contributed by atoms with Crippen LogP contribution in [0, 0.1) is 5.82 Å². The number of halogens is 1. The van der Waals surface area contributed by atoms with Crippen LogP contribution in [0.3, 0.4) is 0 Å². The van der Waals surface area contributed by atoms with Crippen molar-refractivity contribution in [2.75, 3.05) is 7.11 Å². The van der Waals surface area contributed by atoms with E-state index >= 15 is 0 Å². The van der Waals surface area contributed by atoms with Crippen LogP contribution in [0.25, 0.3) is 10.8 Å². The molecule has 0 aliphatic carbocycles. The van der Waals surface area contributed by atoms with Crippen LogP contribution in [0.15, 0.2) is 72.5 Å². The topological polar surface area (TPSA) is 35.5 Å². The maximum Gasteiger partial charge on any atom is 0.373 e. The van der Waals surface area contributed by atoms with Crippen LogP contribution >= 0.6 is 0 Å². The van der Waals surface area contributed by atoms with E-state index < -0.39 is 5.97 Å². The van der Waals surface area contributed by atoms with Gasteiger partial charge in [0.25, 0.3) is 0 Å². The SMILES string of the molecule is COC(=O)C1=C[C@@H](c2ccc(F)cc2)c2c(ccc3ccccc23)O1. The van der Waals surface area contributed by atoms with E-state index in [4.69, 9.17) is 9.47 Å². The zero-order valence-electron chi connectivity index (χ0n) is 13.5. The minimum Gasteiger partial charge on any atom is -0.463 e. The lowest BCUT2D eigenvalue weighted by atomic mass is 9.85. The standard InChI is InChI=1S/C21H15FO3/c1-24-21(23)19-12-17(14-6-9-15(22)10-7-14)20-16-5-3-2-4-13(16)8-11-18(20)25-19/h2-12,17H,1H3/t17-/m0/s1. The van der Waals surface area contributed by atoms with Crippen molar-refractivity contribution in [2.45, 2.75) is 5.92 Å². The Kier molecular flexibility index (Phi) is 3.73. The zero-order valence-corrected chi connectivity index (χ0v) is 13.5. The number of hydrogen-bond acceptors (Lipinski definition) is 3. The van der Waals surface area contributed by atoms with Crippen molar-refractivity contribution < 1.29 is 18.7 Å². The molecule has 0 bridgehead atoms. The fourth-order valence-corrected chi connectivity index (χ4v) is 3.22. The fraction of sp³-hybridized carbons (Fsp3) is 0.0952. The molecule has 124 valence electrons. The number of ether oxygens (including phenoxy) is 2. The van der Waals surface area contributed by atoms with E-state index in [0.717, 1.165) is 21.9 Å². The molecular weight excluding hydrogens is 319 g/mol. The molecule has 4 heteroatoms. The summed E-state index contributed by atoms with van der Waals surface area (Å²) in [4.78, 5) is 12.0. The van der Waals surface area contributed by atoms with E-state index in [0.29, 0.717) is 5.75 Å². The molecule has 0 aromatic heterocycles. The summed E-state index contributed by atoms with van der Waals surface area (Å²) in [6, 6.07) is 18.1. The predicted octanol–water partition coefficient (Wildman–Crippen LogP) is 4.56. The third-order valence-corrected chi connectivity index (χ3v) is 4.40. The van der Waals surface area contributed by atoms with Crippen molar-refractivity contribution in [3.05, 3.63) is 89.4 Å². The first-order chi connectivity index (χ1) is 12.2. The summed E-state index contributed by atoms with van der Waals surface area (Å²) in [5, 5.41) is 2.11. The third kappa shape index (κ3) is 2.66. The van der Waals surface area contributed by atoms with Crippen LogP contribution in [0.4, 0.5) is 4.39 Å². The maximum absolute atomic E-state index is 13.3. The second-order valence-corrected chi connectivity index (χ2v) is 5.85. The van der Waals surface area contributed by atoms with Crippen LogP contribution in [-0.4, -0.2) is 13.1 Å². The first kappa shape index (κ1) is 15.4. The van der Waals surface area contributed by atoms with Crippen LogP contribution in [0.1, 0.15) is 17.0 Å². The molecule has 1 aliphatic heterocycles. The van der Waals surface area contributed by atoms with E-state index in [1.807, 2.05) is 36.4 Å². The van der Waals surface area contributed by atoms with Gasteiger partial charge < -0.3 is 9.47 Å². The normalized spacial score (nSPS) is 15.9. The Morgan fingerprint density at radius 2 is 1.80 bits per heavy atom. The molecule has 0 fully saturated rings. The maximum atomic E-state index is 13.3. The number of carbonyl (C=O) groups is 1. The quantitative estimate of drug-likeness (QED) is 0.645. The van der Waals surface area contributed by atoms with Gasteiger partial charge >= 0.3 is 5.97 Å². The Labute approximate surface area is 144 Å². The summed E-state index contributed by atoms with van der Waals surface area (Å²) in [5.41, 5.74) is 1.83. The molecule has 0 spiro atoms. The van der Waals surface area contributed by atoms with Gasteiger partial charge in [0.1, 0.15) is 11.6 Å². The summed E-state index contributed by atoms with van der Waals surface area (Å²) in [6.07, 6.45) is 1.73. The highest BCUT2D eigenvalue weighted by Gasteiger charge is 2.28.